The topological polar surface area (TPSA) is 59.5 Å². The third kappa shape index (κ3) is 3.13. The number of rotatable bonds is 3. The molecule has 0 unspecified atom stereocenters. The van der Waals surface area contributed by atoms with Crippen LogP contribution in [0.3, 0.4) is 0 Å². The molecule has 0 N–H and O–H groups in total. The maximum Gasteiger partial charge on any atom is 0.339 e. The Balaban J connectivity index is 1.97. The lowest BCUT2D eigenvalue weighted by molar-refractivity contribution is -0.122. The smallest absolute Gasteiger partial charge is 0.339 e. The number of esters is 1. The molecule has 0 aromatic carbocycles. The molecule has 0 amide bonds. The first-order chi connectivity index (χ1) is 8.69. The third-order valence-electron chi connectivity index (χ3n) is 2.96. The van der Waals surface area contributed by atoms with Gasteiger partial charge in [-0.25, -0.2) is 4.79 Å². The second-order valence-corrected chi connectivity index (χ2v) is 4.38. The summed E-state index contributed by atoms with van der Waals surface area (Å²) in [5, 5.41) is 0. The van der Waals surface area contributed by atoms with Crippen LogP contribution in [0.2, 0.25) is 0 Å². The first-order valence-corrected chi connectivity index (χ1v) is 5.96. The summed E-state index contributed by atoms with van der Waals surface area (Å²) in [4.78, 5) is 28.9. The lowest BCUT2D eigenvalue weighted by Gasteiger charge is -2.24. The van der Waals surface area contributed by atoms with Gasteiger partial charge in [0, 0.05) is 19.2 Å². The van der Waals surface area contributed by atoms with Crippen LogP contribution in [0, 0.1) is 0 Å². The number of nitrogens with zero attached hydrogens (tertiary/aromatic N) is 2. The number of piperidine rings is 1. The van der Waals surface area contributed by atoms with Gasteiger partial charge in [-0.1, -0.05) is 0 Å². The molecule has 5 nitrogen and oxygen atoms in total. The number of ketones is 1. The molecule has 1 saturated heterocycles. The molecule has 5 heteroatoms. The van der Waals surface area contributed by atoms with Crippen molar-refractivity contribution in [3.63, 3.8) is 0 Å². The van der Waals surface area contributed by atoms with Crippen LogP contribution in [0.1, 0.15) is 28.9 Å². The zero-order valence-corrected chi connectivity index (χ0v) is 10.4. The van der Waals surface area contributed by atoms with E-state index in [-0.39, 0.29) is 11.8 Å². The van der Waals surface area contributed by atoms with Crippen molar-refractivity contribution in [2.45, 2.75) is 19.4 Å². The quantitative estimate of drug-likeness (QED) is 0.748. The summed E-state index contributed by atoms with van der Waals surface area (Å²) in [5.41, 5.74) is 1.30. The molecule has 0 spiro atoms. The summed E-state index contributed by atoms with van der Waals surface area (Å²) in [6.45, 7) is 2.07. The summed E-state index contributed by atoms with van der Waals surface area (Å²) in [7, 11) is 1.34. The van der Waals surface area contributed by atoms with Crippen molar-refractivity contribution in [2.75, 3.05) is 20.2 Å². The minimum Gasteiger partial charge on any atom is -0.465 e. The second kappa shape index (κ2) is 5.73. The van der Waals surface area contributed by atoms with Crippen molar-refractivity contribution < 1.29 is 14.3 Å². The third-order valence-corrected chi connectivity index (χ3v) is 2.96. The first-order valence-electron chi connectivity index (χ1n) is 5.96. The fourth-order valence-corrected chi connectivity index (χ4v) is 2.03. The van der Waals surface area contributed by atoms with Crippen LogP contribution in [-0.4, -0.2) is 41.8 Å². The molecule has 0 saturated carbocycles. The van der Waals surface area contributed by atoms with Crippen molar-refractivity contribution in [1.29, 1.82) is 0 Å². The second-order valence-electron chi connectivity index (χ2n) is 4.38. The minimum atomic E-state index is -0.387. The maximum atomic E-state index is 11.3. The Bertz CT molecular complexity index is 442. The standard InChI is InChI=1S/C13H16N2O3/c1-18-13(17)10-4-5-11(14-7-10)8-15-6-2-3-12(16)9-15/h4-5,7H,2-3,6,8-9H2,1H3. The Morgan fingerprint density at radius 1 is 1.50 bits per heavy atom. The van der Waals surface area contributed by atoms with Crippen LogP contribution in [0.5, 0.6) is 0 Å². The average Bonchev–Trinajstić information content (AvgIpc) is 2.39. The Labute approximate surface area is 106 Å². The van der Waals surface area contributed by atoms with E-state index in [1.807, 2.05) is 0 Å². The van der Waals surface area contributed by atoms with Gasteiger partial charge in [-0.3, -0.25) is 14.7 Å². The molecule has 2 rings (SSSR count). The van der Waals surface area contributed by atoms with Crippen molar-refractivity contribution in [1.82, 2.24) is 9.88 Å². The molecule has 1 aliphatic rings. The normalized spacial score (nSPS) is 16.6. The van der Waals surface area contributed by atoms with Crippen molar-refractivity contribution >= 4 is 11.8 Å². The lowest BCUT2D eigenvalue weighted by atomic mass is 10.1. The molecule has 18 heavy (non-hydrogen) atoms. The van der Waals surface area contributed by atoms with Gasteiger partial charge in [0.25, 0.3) is 0 Å². The molecule has 2 heterocycles. The number of Topliss-reactive ketones (excluding diaryl/α,β-unsaturated/α-hetero) is 1. The number of carbonyl (C=O) groups excluding carboxylic acids is 2. The molecule has 1 aromatic rings. The number of likely N-dealkylation sites (tertiary alicyclic amines) is 1. The number of methoxy groups -OCH3 is 1. The van der Waals surface area contributed by atoms with E-state index in [9.17, 15) is 9.59 Å². The summed E-state index contributed by atoms with van der Waals surface area (Å²) < 4.78 is 4.61. The van der Waals surface area contributed by atoms with Gasteiger partial charge in [-0.2, -0.15) is 0 Å². The van der Waals surface area contributed by atoms with Crippen LogP contribution in [-0.2, 0) is 16.1 Å². The largest absolute Gasteiger partial charge is 0.465 e. The van der Waals surface area contributed by atoms with Crippen molar-refractivity contribution in [3.8, 4) is 0 Å². The molecule has 0 bridgehead atoms. The van der Waals surface area contributed by atoms with E-state index in [0.29, 0.717) is 25.1 Å². The summed E-state index contributed by atoms with van der Waals surface area (Å²) >= 11 is 0. The molecular formula is C13H16N2O3. The molecule has 0 atom stereocenters. The number of hydrogen-bond acceptors (Lipinski definition) is 5. The van der Waals surface area contributed by atoms with E-state index in [4.69, 9.17) is 0 Å². The fraction of sp³-hybridized carbons (Fsp3) is 0.462. The predicted octanol–water partition coefficient (Wildman–Crippen LogP) is 1.03. The maximum absolute atomic E-state index is 11.3. The molecule has 1 aromatic heterocycles. The van der Waals surface area contributed by atoms with Gasteiger partial charge >= 0.3 is 5.97 Å². The molecule has 1 aliphatic heterocycles. The number of carbonyl (C=O) groups is 2. The molecular weight excluding hydrogens is 232 g/mol. The fourth-order valence-electron chi connectivity index (χ4n) is 2.03. The number of aromatic nitrogens is 1. The predicted molar refractivity (Wildman–Crippen MR) is 65.1 cm³/mol. The number of pyridine rings is 1. The van der Waals surface area contributed by atoms with Gasteiger partial charge in [-0.15, -0.1) is 0 Å². The van der Waals surface area contributed by atoms with E-state index in [2.05, 4.69) is 14.6 Å². The SMILES string of the molecule is COC(=O)c1ccc(CN2CCCC(=O)C2)nc1. The van der Waals surface area contributed by atoms with Gasteiger partial charge in [0.15, 0.2) is 0 Å². The highest BCUT2D eigenvalue weighted by Gasteiger charge is 2.17. The summed E-state index contributed by atoms with van der Waals surface area (Å²) in [6.07, 6.45) is 3.11. The number of ether oxygens (including phenoxy) is 1. The van der Waals surface area contributed by atoms with Crippen LogP contribution in [0.15, 0.2) is 18.3 Å². The molecule has 96 valence electrons. The van der Waals surface area contributed by atoms with Crippen LogP contribution in [0.25, 0.3) is 0 Å². The zero-order chi connectivity index (χ0) is 13.0. The van der Waals surface area contributed by atoms with Crippen LogP contribution in [0.4, 0.5) is 0 Å². The minimum absolute atomic E-state index is 0.285. The van der Waals surface area contributed by atoms with E-state index >= 15 is 0 Å². The van der Waals surface area contributed by atoms with E-state index in [1.54, 1.807) is 12.1 Å². The van der Waals surface area contributed by atoms with E-state index < -0.39 is 0 Å². The van der Waals surface area contributed by atoms with Crippen molar-refractivity contribution in [2.24, 2.45) is 0 Å². The first kappa shape index (κ1) is 12.7. The van der Waals surface area contributed by atoms with Crippen molar-refractivity contribution in [3.05, 3.63) is 29.6 Å². The number of hydrogen-bond donors (Lipinski definition) is 0. The highest BCUT2D eigenvalue weighted by Crippen LogP contribution is 2.10. The Kier molecular flexibility index (Phi) is 4.04. The molecule has 1 fully saturated rings. The highest BCUT2D eigenvalue weighted by molar-refractivity contribution is 5.88. The van der Waals surface area contributed by atoms with Gasteiger partial charge in [0.05, 0.1) is 24.9 Å². The summed E-state index contributed by atoms with van der Waals surface area (Å²) in [6, 6.07) is 3.49. The Morgan fingerprint density at radius 3 is 2.94 bits per heavy atom. The van der Waals surface area contributed by atoms with Crippen LogP contribution >= 0.6 is 0 Å². The zero-order valence-electron chi connectivity index (χ0n) is 10.4. The van der Waals surface area contributed by atoms with Gasteiger partial charge in [0.2, 0.25) is 0 Å². The van der Waals surface area contributed by atoms with Gasteiger partial charge < -0.3 is 4.74 Å². The summed E-state index contributed by atoms with van der Waals surface area (Å²) in [5.74, 6) is -0.102. The average molecular weight is 248 g/mol. The van der Waals surface area contributed by atoms with Crippen LogP contribution < -0.4 is 0 Å². The highest BCUT2D eigenvalue weighted by atomic mass is 16.5. The molecule has 0 radical (unpaired) electrons. The Morgan fingerprint density at radius 2 is 2.33 bits per heavy atom. The Hall–Kier alpha value is -1.75. The van der Waals surface area contributed by atoms with E-state index in [0.717, 1.165) is 18.7 Å². The lowest BCUT2D eigenvalue weighted by Crippen LogP contribution is -2.35. The van der Waals surface area contributed by atoms with E-state index in [1.165, 1.54) is 13.3 Å². The van der Waals surface area contributed by atoms with Gasteiger partial charge in [0.1, 0.15) is 5.78 Å². The van der Waals surface area contributed by atoms with Gasteiger partial charge in [-0.05, 0) is 25.1 Å². The molecule has 0 aliphatic carbocycles. The monoisotopic (exact) mass is 248 g/mol.